The number of nitrogens with zero attached hydrogens (tertiary/aromatic N) is 1. The molecule has 0 radical (unpaired) electrons. The number of benzene rings is 2. The summed E-state index contributed by atoms with van der Waals surface area (Å²) in [5, 5.41) is 5.28. The zero-order valence-corrected chi connectivity index (χ0v) is 15.8. The Hall–Kier alpha value is -3.00. The van der Waals surface area contributed by atoms with Crippen LogP contribution in [0.5, 0.6) is 5.75 Å². The van der Waals surface area contributed by atoms with Gasteiger partial charge in [0.1, 0.15) is 5.75 Å². The number of hydrogen-bond acceptors (Lipinski definition) is 5. The van der Waals surface area contributed by atoms with E-state index in [4.69, 9.17) is 9.26 Å². The summed E-state index contributed by atoms with van der Waals surface area (Å²) in [6.45, 7) is 1.89. The van der Waals surface area contributed by atoms with Crippen molar-refractivity contribution in [3.8, 4) is 11.4 Å². The van der Waals surface area contributed by atoms with Crippen molar-refractivity contribution in [2.75, 3.05) is 12.4 Å². The van der Waals surface area contributed by atoms with E-state index in [1.54, 1.807) is 19.2 Å². The second kappa shape index (κ2) is 8.59. The van der Waals surface area contributed by atoms with Crippen molar-refractivity contribution in [2.24, 2.45) is 0 Å². The minimum atomic E-state index is -0.521. The van der Waals surface area contributed by atoms with Crippen molar-refractivity contribution in [2.45, 2.75) is 23.6 Å². The fraction of sp³-hybridized carbons (Fsp3) is 0.211. The van der Waals surface area contributed by atoms with Crippen LogP contribution < -0.4 is 20.4 Å². The zero-order valence-electron chi connectivity index (χ0n) is 15.0. The van der Waals surface area contributed by atoms with Crippen molar-refractivity contribution in [1.29, 1.82) is 0 Å². The average molecular weight is 386 g/mol. The number of para-hydroxylation sites is 3. The maximum Gasteiger partial charge on any atom is 0.442 e. The summed E-state index contributed by atoms with van der Waals surface area (Å²) < 4.78 is 11.7. The largest absolute Gasteiger partial charge is 0.495 e. The van der Waals surface area contributed by atoms with Gasteiger partial charge in [0.15, 0.2) is 0 Å². The Morgan fingerprint density at radius 2 is 1.93 bits per heavy atom. The number of rotatable bonds is 7. The van der Waals surface area contributed by atoms with Crippen LogP contribution >= 0.6 is 11.8 Å². The number of carbonyl (C=O) groups excluding carboxylic acids is 1. The Balaban J connectivity index is 1.83. The van der Waals surface area contributed by atoms with Gasteiger partial charge in [0.25, 0.3) is 0 Å². The molecular formula is C19H20N3O4S+. The van der Waals surface area contributed by atoms with Crippen molar-refractivity contribution in [3.63, 3.8) is 0 Å². The Morgan fingerprint density at radius 1 is 1.22 bits per heavy atom. The van der Waals surface area contributed by atoms with Crippen LogP contribution in [0.2, 0.25) is 0 Å². The summed E-state index contributed by atoms with van der Waals surface area (Å²) in [5.41, 5.74) is 0.805. The van der Waals surface area contributed by atoms with Gasteiger partial charge in [0.2, 0.25) is 11.6 Å². The zero-order chi connectivity index (χ0) is 19.2. The molecule has 1 unspecified atom stereocenters. The van der Waals surface area contributed by atoms with Crippen LogP contribution in [0.25, 0.3) is 5.69 Å². The first kappa shape index (κ1) is 18.8. The lowest BCUT2D eigenvalue weighted by Crippen LogP contribution is -2.37. The highest BCUT2D eigenvalue weighted by Crippen LogP contribution is 2.26. The van der Waals surface area contributed by atoms with Crippen molar-refractivity contribution in [1.82, 2.24) is 5.27 Å². The molecule has 1 atom stereocenters. The van der Waals surface area contributed by atoms with E-state index in [0.29, 0.717) is 22.9 Å². The van der Waals surface area contributed by atoms with Crippen molar-refractivity contribution >= 4 is 23.4 Å². The van der Waals surface area contributed by atoms with E-state index in [1.165, 1.54) is 4.68 Å². The number of aromatic nitrogens is 2. The van der Waals surface area contributed by atoms with Crippen LogP contribution in [-0.2, 0) is 4.79 Å². The third-order valence-corrected chi connectivity index (χ3v) is 5.31. The maximum absolute atomic E-state index is 12.8. The van der Waals surface area contributed by atoms with Gasteiger partial charge in [-0.1, -0.05) is 37.3 Å². The molecule has 3 rings (SSSR count). The Labute approximate surface area is 160 Å². The van der Waals surface area contributed by atoms with Gasteiger partial charge in [-0.05, 0) is 40.3 Å². The molecule has 1 heterocycles. The third kappa shape index (κ3) is 4.22. The Kier molecular flexibility index (Phi) is 5.97. The Morgan fingerprint density at radius 3 is 2.63 bits per heavy atom. The molecule has 0 bridgehead atoms. The second-order valence-corrected chi connectivity index (χ2v) is 6.85. The smallest absolute Gasteiger partial charge is 0.442 e. The number of nitrogens with one attached hydrogen (secondary N) is 2. The molecule has 140 valence electrons. The highest BCUT2D eigenvalue weighted by atomic mass is 32.2. The molecule has 2 aromatic carbocycles. The lowest BCUT2D eigenvalue weighted by molar-refractivity contribution is -0.704. The van der Waals surface area contributed by atoms with E-state index in [-0.39, 0.29) is 5.91 Å². The molecule has 0 aliphatic heterocycles. The van der Waals surface area contributed by atoms with Crippen molar-refractivity contribution < 1.29 is 18.7 Å². The first-order valence-electron chi connectivity index (χ1n) is 8.43. The molecule has 0 aliphatic carbocycles. The number of carbonyl (C=O) groups is 1. The number of ether oxygens (including phenoxy) is 1. The standard InChI is InChI=1S/C19H19N3O4S/c1-3-16(17(23)20-14-11-7-8-12-15(14)25-2)27-18-19(24)26-21-22(18)13-9-5-4-6-10-13/h4-12,16H,3H2,1-2H3,(H-,20,21,23,24)/p+1. The number of aromatic amines is 1. The van der Waals surface area contributed by atoms with Gasteiger partial charge < -0.3 is 10.1 Å². The predicted octanol–water partition coefficient (Wildman–Crippen LogP) is 2.76. The molecule has 0 spiro atoms. The van der Waals surface area contributed by atoms with Gasteiger partial charge in [0.05, 0.1) is 18.0 Å². The van der Waals surface area contributed by atoms with Crippen LogP contribution in [0.3, 0.4) is 0 Å². The predicted molar refractivity (Wildman–Crippen MR) is 102 cm³/mol. The molecule has 3 aromatic rings. The number of thioether (sulfide) groups is 1. The lowest BCUT2D eigenvalue weighted by Gasteiger charge is -2.14. The minimum absolute atomic E-state index is 0.216. The van der Waals surface area contributed by atoms with Gasteiger partial charge in [-0.25, -0.2) is 4.79 Å². The summed E-state index contributed by atoms with van der Waals surface area (Å²) in [6.07, 6.45) is 0.533. The third-order valence-electron chi connectivity index (χ3n) is 3.90. The lowest BCUT2D eigenvalue weighted by atomic mass is 10.2. The topological polar surface area (TPSA) is 88.2 Å². The first-order valence-corrected chi connectivity index (χ1v) is 9.31. The molecule has 1 amide bonds. The SMILES string of the molecule is CCC(Sc1c(=O)o[nH][n+]1-c1ccccc1)C(=O)Nc1ccccc1OC. The second-order valence-electron chi connectivity index (χ2n) is 5.66. The number of hydrogen-bond donors (Lipinski definition) is 2. The van der Waals surface area contributed by atoms with Crippen molar-refractivity contribution in [3.05, 3.63) is 65.0 Å². The molecule has 8 heteroatoms. The first-order chi connectivity index (χ1) is 13.1. The van der Waals surface area contributed by atoms with E-state index >= 15 is 0 Å². The summed E-state index contributed by atoms with van der Waals surface area (Å²) >= 11 is 1.16. The van der Waals surface area contributed by atoms with Crippen LogP contribution in [0.4, 0.5) is 5.69 Å². The highest BCUT2D eigenvalue weighted by Gasteiger charge is 2.30. The number of anilines is 1. The number of methoxy groups -OCH3 is 1. The number of H-pyrrole nitrogens is 1. The fourth-order valence-electron chi connectivity index (χ4n) is 2.53. The van der Waals surface area contributed by atoms with Gasteiger partial charge in [-0.3, -0.25) is 9.32 Å². The maximum atomic E-state index is 12.8. The van der Waals surface area contributed by atoms with E-state index in [9.17, 15) is 9.59 Å². The molecule has 7 nitrogen and oxygen atoms in total. The fourth-order valence-corrected chi connectivity index (χ4v) is 3.52. The molecule has 0 aliphatic rings. The summed E-state index contributed by atoms with van der Waals surface area (Å²) in [6, 6.07) is 16.4. The monoisotopic (exact) mass is 386 g/mol. The van der Waals surface area contributed by atoms with Gasteiger partial charge >= 0.3 is 10.7 Å². The highest BCUT2D eigenvalue weighted by molar-refractivity contribution is 8.00. The van der Waals surface area contributed by atoms with Crippen LogP contribution in [0.15, 0.2) is 68.9 Å². The van der Waals surface area contributed by atoms with E-state index in [2.05, 4.69) is 10.6 Å². The van der Waals surface area contributed by atoms with E-state index in [1.807, 2.05) is 49.4 Å². The van der Waals surface area contributed by atoms with Crippen LogP contribution in [-0.4, -0.2) is 23.5 Å². The molecule has 2 N–H and O–H groups in total. The molecule has 0 saturated carbocycles. The summed E-state index contributed by atoms with van der Waals surface area (Å²) in [5.74, 6) is 0.360. The quantitative estimate of drug-likeness (QED) is 0.482. The molecule has 27 heavy (non-hydrogen) atoms. The van der Waals surface area contributed by atoms with Gasteiger partial charge in [-0.2, -0.15) is 0 Å². The average Bonchev–Trinajstić information content (AvgIpc) is 3.07. The van der Waals surface area contributed by atoms with Gasteiger partial charge in [0, 0.05) is 12.1 Å². The summed E-state index contributed by atoms with van der Waals surface area (Å²) in [4.78, 5) is 24.9. The molecule has 0 fully saturated rings. The normalized spacial score (nSPS) is 11.8. The number of amides is 1. The minimum Gasteiger partial charge on any atom is -0.495 e. The van der Waals surface area contributed by atoms with Crippen LogP contribution in [0, 0.1) is 0 Å². The van der Waals surface area contributed by atoms with E-state index < -0.39 is 10.9 Å². The van der Waals surface area contributed by atoms with E-state index in [0.717, 1.165) is 17.4 Å². The van der Waals surface area contributed by atoms with Crippen LogP contribution in [0.1, 0.15) is 13.3 Å². The molecule has 1 aromatic heterocycles. The summed E-state index contributed by atoms with van der Waals surface area (Å²) in [7, 11) is 1.55. The van der Waals surface area contributed by atoms with Gasteiger partial charge in [-0.15, -0.1) is 0 Å². The molecular weight excluding hydrogens is 366 g/mol. The Bertz CT molecular complexity index is 968. The molecule has 0 saturated heterocycles.